The smallest absolute Gasteiger partial charge is 0.220 e. The Bertz CT molecular complexity index is 770. The van der Waals surface area contributed by atoms with Gasteiger partial charge in [0.15, 0.2) is 10.7 Å². The van der Waals surface area contributed by atoms with Gasteiger partial charge in [0.25, 0.3) is 0 Å². The standard InChI is InChI=1S/C15H15N3OS/c1-10-4-6-12-13(8-10)19-14(17-12)7-5-11-9-16-15(20-11)18(2)3/h4-9H,1-3H3/b7-5+. The second-order valence-corrected chi connectivity index (χ2v) is 5.84. The van der Waals surface area contributed by atoms with Crippen molar-refractivity contribution in [3.05, 3.63) is 40.7 Å². The van der Waals surface area contributed by atoms with Gasteiger partial charge >= 0.3 is 0 Å². The number of fused-ring (bicyclic) bond motifs is 1. The maximum Gasteiger partial charge on any atom is 0.220 e. The lowest BCUT2D eigenvalue weighted by Crippen LogP contribution is -2.07. The van der Waals surface area contributed by atoms with Crippen molar-refractivity contribution >= 4 is 39.7 Å². The molecule has 0 fully saturated rings. The molecule has 3 rings (SSSR count). The minimum atomic E-state index is 0.616. The fourth-order valence-electron chi connectivity index (χ4n) is 1.84. The van der Waals surface area contributed by atoms with Crippen molar-refractivity contribution in [1.29, 1.82) is 0 Å². The van der Waals surface area contributed by atoms with Crippen molar-refractivity contribution in [2.24, 2.45) is 0 Å². The van der Waals surface area contributed by atoms with Crippen LogP contribution in [0.4, 0.5) is 5.13 Å². The minimum Gasteiger partial charge on any atom is -0.437 e. The van der Waals surface area contributed by atoms with Gasteiger partial charge in [0.05, 0.1) is 0 Å². The monoisotopic (exact) mass is 285 g/mol. The van der Waals surface area contributed by atoms with Gasteiger partial charge < -0.3 is 9.32 Å². The Morgan fingerprint density at radius 3 is 2.85 bits per heavy atom. The van der Waals surface area contributed by atoms with E-state index < -0.39 is 0 Å². The molecule has 0 unspecified atom stereocenters. The Kier molecular flexibility index (Phi) is 3.28. The van der Waals surface area contributed by atoms with E-state index in [-0.39, 0.29) is 0 Å². The lowest BCUT2D eigenvalue weighted by molar-refractivity contribution is 0.589. The van der Waals surface area contributed by atoms with Crippen LogP contribution in [0.15, 0.2) is 28.8 Å². The SMILES string of the molecule is Cc1ccc2nc(/C=C/c3cnc(N(C)C)s3)oc2c1. The molecule has 4 nitrogen and oxygen atoms in total. The molecule has 0 radical (unpaired) electrons. The fraction of sp³-hybridized carbons (Fsp3) is 0.200. The minimum absolute atomic E-state index is 0.616. The highest BCUT2D eigenvalue weighted by Crippen LogP contribution is 2.23. The molecule has 0 saturated carbocycles. The highest BCUT2D eigenvalue weighted by molar-refractivity contribution is 7.16. The van der Waals surface area contributed by atoms with Gasteiger partial charge in [-0.05, 0) is 30.7 Å². The van der Waals surface area contributed by atoms with Gasteiger partial charge in [-0.25, -0.2) is 9.97 Å². The number of hydrogen-bond acceptors (Lipinski definition) is 5. The van der Waals surface area contributed by atoms with Crippen molar-refractivity contribution in [2.45, 2.75) is 6.92 Å². The molecule has 102 valence electrons. The van der Waals surface area contributed by atoms with E-state index in [0.29, 0.717) is 5.89 Å². The summed E-state index contributed by atoms with van der Waals surface area (Å²) in [5.74, 6) is 0.616. The van der Waals surface area contributed by atoms with Crippen molar-refractivity contribution in [3.8, 4) is 0 Å². The van der Waals surface area contributed by atoms with Gasteiger partial charge in [-0.15, -0.1) is 0 Å². The number of hydrogen-bond donors (Lipinski definition) is 0. The second kappa shape index (κ2) is 5.09. The number of thiazole rings is 1. The third-order valence-electron chi connectivity index (χ3n) is 2.84. The number of rotatable bonds is 3. The maximum atomic E-state index is 5.70. The van der Waals surface area contributed by atoms with Crippen molar-refractivity contribution in [2.75, 3.05) is 19.0 Å². The summed E-state index contributed by atoms with van der Waals surface area (Å²) in [6.07, 6.45) is 5.70. The first-order valence-corrected chi connectivity index (χ1v) is 7.12. The molecule has 2 aromatic heterocycles. The Labute approximate surface area is 121 Å². The molecule has 0 N–H and O–H groups in total. The Morgan fingerprint density at radius 1 is 1.25 bits per heavy atom. The van der Waals surface area contributed by atoms with Crippen molar-refractivity contribution in [1.82, 2.24) is 9.97 Å². The summed E-state index contributed by atoms with van der Waals surface area (Å²) in [6.45, 7) is 2.04. The zero-order valence-corrected chi connectivity index (χ0v) is 12.4. The number of benzene rings is 1. The maximum absolute atomic E-state index is 5.70. The van der Waals surface area contributed by atoms with E-state index in [0.717, 1.165) is 21.1 Å². The summed E-state index contributed by atoms with van der Waals surface area (Å²) >= 11 is 1.63. The molecule has 0 aliphatic rings. The van der Waals surface area contributed by atoms with Crippen LogP contribution in [0.3, 0.4) is 0 Å². The largest absolute Gasteiger partial charge is 0.437 e. The van der Waals surface area contributed by atoms with Crippen LogP contribution in [-0.2, 0) is 0 Å². The van der Waals surface area contributed by atoms with Gasteiger partial charge in [0.1, 0.15) is 5.52 Å². The first kappa shape index (κ1) is 12.9. The van der Waals surface area contributed by atoms with Gasteiger partial charge in [0.2, 0.25) is 5.89 Å². The van der Waals surface area contributed by atoms with Crippen molar-refractivity contribution < 1.29 is 4.42 Å². The average Bonchev–Trinajstić information content (AvgIpc) is 3.01. The van der Waals surface area contributed by atoms with Crippen LogP contribution in [0.5, 0.6) is 0 Å². The second-order valence-electron chi connectivity index (χ2n) is 4.80. The van der Waals surface area contributed by atoms with E-state index in [9.17, 15) is 0 Å². The summed E-state index contributed by atoms with van der Waals surface area (Å²) in [5, 5.41) is 0.984. The van der Waals surface area contributed by atoms with E-state index in [4.69, 9.17) is 4.42 Å². The Hall–Kier alpha value is -2.14. The van der Waals surface area contributed by atoms with Gasteiger partial charge in [-0.3, -0.25) is 0 Å². The Balaban J connectivity index is 1.86. The highest BCUT2D eigenvalue weighted by Gasteiger charge is 2.04. The summed E-state index contributed by atoms with van der Waals surface area (Å²) in [6, 6.07) is 6.00. The molecular formula is C15H15N3OS. The number of aromatic nitrogens is 2. The summed E-state index contributed by atoms with van der Waals surface area (Å²) in [5.41, 5.74) is 2.87. The van der Waals surface area contributed by atoms with E-state index in [1.54, 1.807) is 11.3 Å². The first-order chi connectivity index (χ1) is 9.61. The van der Waals surface area contributed by atoms with Crippen LogP contribution in [0, 0.1) is 6.92 Å². The normalized spacial score (nSPS) is 11.6. The van der Waals surface area contributed by atoms with Crippen molar-refractivity contribution in [3.63, 3.8) is 0 Å². The third-order valence-corrected chi connectivity index (χ3v) is 3.97. The van der Waals surface area contributed by atoms with E-state index in [1.807, 2.05) is 62.5 Å². The lowest BCUT2D eigenvalue weighted by Gasteiger charge is -2.04. The zero-order chi connectivity index (χ0) is 14.1. The molecule has 0 aliphatic heterocycles. The topological polar surface area (TPSA) is 42.2 Å². The van der Waals surface area contributed by atoms with Crippen LogP contribution in [0.2, 0.25) is 0 Å². The van der Waals surface area contributed by atoms with Crippen LogP contribution < -0.4 is 4.90 Å². The molecule has 0 amide bonds. The molecule has 0 saturated heterocycles. The van der Waals surface area contributed by atoms with Gasteiger partial charge in [0, 0.05) is 31.2 Å². The van der Waals surface area contributed by atoms with Crippen LogP contribution in [0.1, 0.15) is 16.3 Å². The molecule has 3 aromatic rings. The Morgan fingerprint density at radius 2 is 2.10 bits per heavy atom. The van der Waals surface area contributed by atoms with E-state index in [1.165, 1.54) is 5.56 Å². The number of nitrogens with zero attached hydrogens (tertiary/aromatic N) is 3. The van der Waals surface area contributed by atoms with Crippen LogP contribution in [0.25, 0.3) is 23.3 Å². The quantitative estimate of drug-likeness (QED) is 0.733. The molecule has 1 aromatic carbocycles. The van der Waals surface area contributed by atoms with E-state index >= 15 is 0 Å². The summed E-state index contributed by atoms with van der Waals surface area (Å²) in [7, 11) is 3.96. The zero-order valence-electron chi connectivity index (χ0n) is 11.6. The van der Waals surface area contributed by atoms with Gasteiger partial charge in [-0.2, -0.15) is 0 Å². The molecular weight excluding hydrogens is 270 g/mol. The highest BCUT2D eigenvalue weighted by atomic mass is 32.1. The fourth-order valence-corrected chi connectivity index (χ4v) is 2.58. The molecule has 0 aliphatic carbocycles. The molecule has 5 heteroatoms. The molecule has 0 bridgehead atoms. The predicted octanol–water partition coefficient (Wildman–Crippen LogP) is 3.83. The number of anilines is 1. The average molecular weight is 285 g/mol. The van der Waals surface area contributed by atoms with Crippen LogP contribution in [-0.4, -0.2) is 24.1 Å². The number of oxazole rings is 1. The van der Waals surface area contributed by atoms with Crippen LogP contribution >= 0.6 is 11.3 Å². The molecule has 20 heavy (non-hydrogen) atoms. The summed E-state index contributed by atoms with van der Waals surface area (Å²) in [4.78, 5) is 11.8. The molecule has 2 heterocycles. The van der Waals surface area contributed by atoms with E-state index in [2.05, 4.69) is 9.97 Å². The van der Waals surface area contributed by atoms with Gasteiger partial charge in [-0.1, -0.05) is 17.4 Å². The summed E-state index contributed by atoms with van der Waals surface area (Å²) < 4.78 is 5.70. The first-order valence-electron chi connectivity index (χ1n) is 6.30. The molecule has 0 spiro atoms. The molecule has 0 atom stereocenters. The number of aryl methyl sites for hydroxylation is 1. The lowest BCUT2D eigenvalue weighted by atomic mass is 10.2. The third kappa shape index (κ3) is 2.58. The predicted molar refractivity (Wildman–Crippen MR) is 84.1 cm³/mol.